The standard InChI is InChI=1S/C27H26N4O3/c1-30(2)24(32)20-12-8-7-11-19(20)18-13-14-22-21(15-18)27(25(33)31(3)26(28)29-27)16-23(34-22)17-9-5-4-6-10-17/h4-15,23H,16H2,1-3H3,(H2,28,29)/p+1. The van der Waals surface area contributed by atoms with Crippen LogP contribution in [-0.4, -0.2) is 43.8 Å². The zero-order valence-corrected chi connectivity index (χ0v) is 19.4. The predicted molar refractivity (Wildman–Crippen MR) is 130 cm³/mol. The number of hydrogen-bond donors (Lipinski definition) is 2. The van der Waals surface area contributed by atoms with Crippen molar-refractivity contribution in [3.8, 4) is 16.9 Å². The van der Waals surface area contributed by atoms with Gasteiger partial charge in [-0.25, -0.2) is 9.69 Å². The minimum absolute atomic E-state index is 0.0909. The van der Waals surface area contributed by atoms with Crippen LogP contribution in [0, 0.1) is 0 Å². The number of benzene rings is 3. The van der Waals surface area contributed by atoms with Crippen molar-refractivity contribution in [2.24, 2.45) is 10.7 Å². The number of guanidine groups is 1. The van der Waals surface area contributed by atoms with Gasteiger partial charge < -0.3 is 15.4 Å². The number of aliphatic imine (C=N–C) groups is 1. The van der Waals surface area contributed by atoms with E-state index in [-0.39, 0.29) is 23.9 Å². The molecule has 2 aliphatic rings. The van der Waals surface area contributed by atoms with Crippen LogP contribution in [0.5, 0.6) is 5.75 Å². The number of carbonyl (C=O) groups excluding carboxylic acids is 2. The van der Waals surface area contributed by atoms with Gasteiger partial charge in [-0.05, 0) is 34.9 Å². The number of amides is 2. The van der Waals surface area contributed by atoms with Crippen LogP contribution in [0.2, 0.25) is 0 Å². The first-order chi connectivity index (χ1) is 16.3. The van der Waals surface area contributed by atoms with Crippen molar-refractivity contribution in [1.82, 2.24) is 4.90 Å². The first-order valence-electron chi connectivity index (χ1n) is 11.2. The van der Waals surface area contributed by atoms with Crippen LogP contribution in [-0.2, 0) is 10.3 Å². The zero-order chi connectivity index (χ0) is 24.0. The molecule has 0 saturated carbocycles. The van der Waals surface area contributed by atoms with Gasteiger partial charge in [0.25, 0.3) is 5.91 Å². The Morgan fingerprint density at radius 2 is 1.79 bits per heavy atom. The van der Waals surface area contributed by atoms with Crippen LogP contribution in [0.3, 0.4) is 0 Å². The quantitative estimate of drug-likeness (QED) is 0.633. The molecule has 34 heavy (non-hydrogen) atoms. The number of ether oxygens (including phenoxy) is 1. The summed E-state index contributed by atoms with van der Waals surface area (Å²) in [4.78, 5) is 33.2. The summed E-state index contributed by atoms with van der Waals surface area (Å²) in [6.45, 7) is 0. The number of quaternary nitrogens is 1. The Hall–Kier alpha value is -3.97. The lowest BCUT2D eigenvalue weighted by molar-refractivity contribution is -0.694. The third-order valence-corrected chi connectivity index (χ3v) is 6.63. The van der Waals surface area contributed by atoms with Crippen molar-refractivity contribution < 1.29 is 19.2 Å². The van der Waals surface area contributed by atoms with E-state index in [2.05, 4.69) is 0 Å². The van der Waals surface area contributed by atoms with Crippen molar-refractivity contribution in [2.75, 3.05) is 21.1 Å². The maximum Gasteiger partial charge on any atom is 0.352 e. The van der Waals surface area contributed by atoms with E-state index in [1.54, 1.807) is 26.0 Å². The van der Waals surface area contributed by atoms with Gasteiger partial charge in [0, 0.05) is 31.6 Å². The summed E-state index contributed by atoms with van der Waals surface area (Å²) in [6.07, 6.45) is 0.0105. The fraction of sp³-hybridized carbons (Fsp3) is 0.222. The lowest BCUT2D eigenvalue weighted by atomic mass is 9.79. The van der Waals surface area contributed by atoms with Gasteiger partial charge in [-0.1, -0.05) is 54.6 Å². The van der Waals surface area contributed by atoms with Crippen LogP contribution < -0.4 is 15.4 Å². The highest BCUT2D eigenvalue weighted by atomic mass is 16.5. The van der Waals surface area contributed by atoms with Crippen molar-refractivity contribution in [3.05, 3.63) is 89.5 Å². The Morgan fingerprint density at radius 3 is 2.47 bits per heavy atom. The van der Waals surface area contributed by atoms with Gasteiger partial charge in [-0.3, -0.25) is 4.79 Å². The number of carbonyl (C=O) groups is 2. The minimum atomic E-state index is -1.15. The molecule has 7 nitrogen and oxygen atoms in total. The lowest BCUT2D eigenvalue weighted by Gasteiger charge is -2.35. The van der Waals surface area contributed by atoms with Crippen LogP contribution in [0.25, 0.3) is 11.1 Å². The Kier molecular flexibility index (Phi) is 5.21. The van der Waals surface area contributed by atoms with Crippen LogP contribution >= 0.6 is 0 Å². The van der Waals surface area contributed by atoms with E-state index in [1.165, 1.54) is 0 Å². The van der Waals surface area contributed by atoms with Crippen molar-refractivity contribution in [1.29, 1.82) is 0 Å². The summed E-state index contributed by atoms with van der Waals surface area (Å²) in [5.41, 5.74) is 8.85. The second kappa shape index (κ2) is 8.11. The number of nitrogens with two attached hydrogens (primary N) is 1. The topological polar surface area (TPSA) is 89.4 Å². The maximum atomic E-state index is 13.6. The number of likely N-dealkylation sites (N-methyl/N-ethyl adjacent to an activating group) is 1. The monoisotopic (exact) mass is 455 g/mol. The third-order valence-electron chi connectivity index (χ3n) is 6.63. The first kappa shape index (κ1) is 21.9. The fourth-order valence-electron chi connectivity index (χ4n) is 4.80. The molecule has 5 rings (SSSR count). The molecule has 1 spiro atoms. The van der Waals surface area contributed by atoms with Crippen LogP contribution in [0.4, 0.5) is 0 Å². The molecule has 0 bridgehead atoms. The molecule has 3 aromatic carbocycles. The third kappa shape index (κ3) is 3.36. The molecule has 172 valence electrons. The van der Waals surface area contributed by atoms with Gasteiger partial charge in [0.05, 0.1) is 7.05 Å². The normalized spacial score (nSPS) is 23.3. The van der Waals surface area contributed by atoms with E-state index in [4.69, 9.17) is 15.5 Å². The Balaban J connectivity index is 1.68. The molecule has 3 unspecified atom stereocenters. The first-order valence-corrected chi connectivity index (χ1v) is 11.2. The molecule has 2 amide bonds. The summed E-state index contributed by atoms with van der Waals surface area (Å²) in [5, 5.41) is 0. The van der Waals surface area contributed by atoms with Gasteiger partial charge in [0.15, 0.2) is 0 Å². The molecule has 7 heteroatoms. The Labute approximate surface area is 198 Å². The van der Waals surface area contributed by atoms with E-state index in [0.717, 1.165) is 16.7 Å². The molecule has 0 radical (unpaired) electrons. The second-order valence-corrected chi connectivity index (χ2v) is 8.99. The molecule has 2 aliphatic heterocycles. The van der Waals surface area contributed by atoms with E-state index < -0.39 is 5.54 Å². The predicted octanol–water partition coefficient (Wildman–Crippen LogP) is 2.14. The van der Waals surface area contributed by atoms with Gasteiger partial charge >= 0.3 is 11.9 Å². The molecular weight excluding hydrogens is 428 g/mol. The van der Waals surface area contributed by atoms with Gasteiger partial charge in [-0.15, -0.1) is 0 Å². The average Bonchev–Trinajstić information content (AvgIpc) is 3.07. The molecule has 0 aromatic heterocycles. The van der Waals surface area contributed by atoms with Crippen molar-refractivity contribution in [2.45, 2.75) is 18.1 Å². The lowest BCUT2D eigenvalue weighted by Crippen LogP contribution is -3.15. The fourth-order valence-corrected chi connectivity index (χ4v) is 4.80. The maximum absolute atomic E-state index is 13.6. The van der Waals surface area contributed by atoms with Crippen molar-refractivity contribution in [3.63, 3.8) is 0 Å². The molecular formula is C27H27N4O3+. The minimum Gasteiger partial charge on any atom is -0.485 e. The average molecular weight is 456 g/mol. The van der Waals surface area contributed by atoms with Gasteiger partial charge in [0.2, 0.25) is 5.54 Å². The number of nitrogens with one attached hydrogen (secondary N) is 1. The molecule has 3 atom stereocenters. The highest BCUT2D eigenvalue weighted by Gasteiger charge is 2.57. The van der Waals surface area contributed by atoms with E-state index in [9.17, 15) is 9.59 Å². The smallest absolute Gasteiger partial charge is 0.352 e. The summed E-state index contributed by atoms with van der Waals surface area (Å²) < 4.78 is 6.38. The van der Waals surface area contributed by atoms with Gasteiger partial charge in [-0.2, -0.15) is 4.99 Å². The number of nitrogens with zero attached hydrogens (tertiary/aromatic N) is 2. The highest BCUT2D eigenvalue weighted by molar-refractivity contribution is 6.01. The summed E-state index contributed by atoms with van der Waals surface area (Å²) in [6, 6.07) is 23.0. The van der Waals surface area contributed by atoms with Gasteiger partial charge in [0.1, 0.15) is 11.9 Å². The van der Waals surface area contributed by atoms with Crippen molar-refractivity contribution >= 4 is 17.8 Å². The van der Waals surface area contributed by atoms with Crippen LogP contribution in [0.15, 0.2) is 77.8 Å². The molecule has 0 fully saturated rings. The molecule has 3 aromatic rings. The molecule has 0 saturated heterocycles. The molecule has 3 N–H and O–H groups in total. The summed E-state index contributed by atoms with van der Waals surface area (Å²) in [5.74, 6) is 0.662. The second-order valence-electron chi connectivity index (χ2n) is 8.99. The SMILES string of the molecule is CN(C)C(=O)c1ccccc1-c1ccc2c(c1)C1(CC(c3ccccc3)O2)N=C(N)[NH+](C)C1=O. The Morgan fingerprint density at radius 1 is 1.09 bits per heavy atom. The largest absolute Gasteiger partial charge is 0.485 e. The Bertz CT molecular complexity index is 1320. The zero-order valence-electron chi connectivity index (χ0n) is 19.4. The highest BCUT2D eigenvalue weighted by Crippen LogP contribution is 2.49. The van der Waals surface area contributed by atoms with E-state index in [1.807, 2.05) is 72.8 Å². The molecule has 0 aliphatic carbocycles. The summed E-state index contributed by atoms with van der Waals surface area (Å²) in [7, 11) is 5.18. The number of rotatable bonds is 3. The van der Waals surface area contributed by atoms with E-state index in [0.29, 0.717) is 28.2 Å². The van der Waals surface area contributed by atoms with E-state index >= 15 is 0 Å². The number of hydrogen-bond acceptors (Lipinski definition) is 5. The summed E-state index contributed by atoms with van der Waals surface area (Å²) >= 11 is 0. The number of fused-ring (bicyclic) bond motifs is 2. The molecule has 2 heterocycles. The van der Waals surface area contributed by atoms with Crippen LogP contribution in [0.1, 0.15) is 34.0 Å².